The van der Waals surface area contributed by atoms with Gasteiger partial charge in [-0.3, -0.25) is 4.68 Å². The quantitative estimate of drug-likeness (QED) is 0.777. The van der Waals surface area contributed by atoms with Gasteiger partial charge in [-0.1, -0.05) is 17.7 Å². The Hall–Kier alpha value is -2.38. The third-order valence-corrected chi connectivity index (χ3v) is 4.69. The summed E-state index contributed by atoms with van der Waals surface area (Å²) in [6.07, 6.45) is 1.79. The summed E-state index contributed by atoms with van der Waals surface area (Å²) in [6.45, 7) is 3.83. The van der Waals surface area contributed by atoms with Crippen LogP contribution in [0.5, 0.6) is 0 Å². The van der Waals surface area contributed by atoms with E-state index in [2.05, 4.69) is 27.3 Å². The second kappa shape index (κ2) is 6.50. The van der Waals surface area contributed by atoms with Gasteiger partial charge < -0.3 is 15.1 Å². The fraction of sp³-hybridized carbons (Fsp3) is 0.353. The molecule has 2 aromatic heterocycles. The van der Waals surface area contributed by atoms with Gasteiger partial charge in [0.2, 0.25) is 5.95 Å². The normalized spacial score (nSPS) is 15.7. The van der Waals surface area contributed by atoms with E-state index in [9.17, 15) is 0 Å². The molecule has 130 valence electrons. The highest BCUT2D eigenvalue weighted by molar-refractivity contribution is 6.30. The standard InChI is InChI=1S/C17H20ClN7/c1-23-6-8-25(9-7-23)17-21-15(14-11-19-24(2)16(14)22-17)20-13-5-3-4-12(18)10-13/h3-5,10-11H,6-9H2,1-2H3,(H,20,21,22). The molecular formula is C17H20ClN7. The fourth-order valence-corrected chi connectivity index (χ4v) is 3.15. The van der Waals surface area contributed by atoms with E-state index >= 15 is 0 Å². The molecule has 0 unspecified atom stereocenters. The molecule has 0 spiro atoms. The van der Waals surface area contributed by atoms with Crippen molar-refractivity contribution < 1.29 is 0 Å². The zero-order chi connectivity index (χ0) is 17.4. The van der Waals surface area contributed by atoms with Gasteiger partial charge in [-0.15, -0.1) is 0 Å². The minimum Gasteiger partial charge on any atom is -0.339 e. The molecule has 1 aromatic carbocycles. The number of nitrogens with one attached hydrogen (secondary N) is 1. The third-order valence-electron chi connectivity index (χ3n) is 4.45. The average molecular weight is 358 g/mol. The zero-order valence-electron chi connectivity index (χ0n) is 14.3. The largest absolute Gasteiger partial charge is 0.339 e. The number of hydrogen-bond donors (Lipinski definition) is 1. The first-order valence-electron chi connectivity index (χ1n) is 8.26. The summed E-state index contributed by atoms with van der Waals surface area (Å²) in [4.78, 5) is 14.0. The number of piperazine rings is 1. The van der Waals surface area contributed by atoms with Crippen LogP contribution < -0.4 is 10.2 Å². The minimum atomic E-state index is 0.681. The van der Waals surface area contributed by atoms with E-state index in [1.54, 1.807) is 10.9 Å². The van der Waals surface area contributed by atoms with Gasteiger partial charge >= 0.3 is 0 Å². The van der Waals surface area contributed by atoms with Crippen molar-refractivity contribution in [1.29, 1.82) is 0 Å². The highest BCUT2D eigenvalue weighted by atomic mass is 35.5. The van der Waals surface area contributed by atoms with Crippen LogP contribution in [0.25, 0.3) is 11.0 Å². The number of rotatable bonds is 3. The molecule has 1 N–H and O–H groups in total. The van der Waals surface area contributed by atoms with Crippen molar-refractivity contribution >= 4 is 40.1 Å². The Morgan fingerprint density at radius 2 is 1.88 bits per heavy atom. The molecule has 1 aliphatic rings. The molecule has 25 heavy (non-hydrogen) atoms. The maximum absolute atomic E-state index is 6.10. The molecule has 1 fully saturated rings. The van der Waals surface area contributed by atoms with Crippen LogP contribution in [-0.2, 0) is 7.05 Å². The van der Waals surface area contributed by atoms with Crippen molar-refractivity contribution in [2.45, 2.75) is 0 Å². The molecule has 0 amide bonds. The fourth-order valence-electron chi connectivity index (χ4n) is 2.96. The van der Waals surface area contributed by atoms with Crippen LogP contribution in [0.15, 0.2) is 30.5 Å². The first-order chi connectivity index (χ1) is 12.1. The number of likely N-dealkylation sites (N-methyl/N-ethyl adjacent to an activating group) is 1. The molecule has 0 atom stereocenters. The molecule has 1 saturated heterocycles. The van der Waals surface area contributed by atoms with Crippen molar-refractivity contribution in [2.24, 2.45) is 7.05 Å². The summed E-state index contributed by atoms with van der Waals surface area (Å²) in [5, 5.41) is 9.27. The summed E-state index contributed by atoms with van der Waals surface area (Å²) >= 11 is 6.10. The Labute approximate surface area is 151 Å². The molecule has 0 radical (unpaired) electrons. The van der Waals surface area contributed by atoms with Gasteiger partial charge in [0, 0.05) is 43.9 Å². The zero-order valence-corrected chi connectivity index (χ0v) is 15.0. The summed E-state index contributed by atoms with van der Waals surface area (Å²) in [6, 6.07) is 7.60. The Morgan fingerprint density at radius 3 is 2.64 bits per heavy atom. The van der Waals surface area contributed by atoms with Crippen molar-refractivity contribution in [3.8, 4) is 0 Å². The Kier molecular flexibility index (Phi) is 4.19. The summed E-state index contributed by atoms with van der Waals surface area (Å²) in [5.74, 6) is 1.48. The van der Waals surface area contributed by atoms with E-state index in [1.165, 1.54) is 0 Å². The summed E-state index contributed by atoms with van der Waals surface area (Å²) < 4.78 is 1.78. The lowest BCUT2D eigenvalue weighted by Gasteiger charge is -2.32. The number of aromatic nitrogens is 4. The molecule has 0 saturated carbocycles. The van der Waals surface area contributed by atoms with E-state index < -0.39 is 0 Å². The van der Waals surface area contributed by atoms with Gasteiger partial charge in [-0.05, 0) is 25.2 Å². The monoisotopic (exact) mass is 357 g/mol. The van der Waals surface area contributed by atoms with Crippen molar-refractivity contribution in [3.05, 3.63) is 35.5 Å². The molecule has 4 rings (SSSR count). The predicted octanol–water partition coefficient (Wildman–Crippen LogP) is 2.51. The molecule has 0 aliphatic carbocycles. The Morgan fingerprint density at radius 1 is 1.08 bits per heavy atom. The number of anilines is 3. The average Bonchev–Trinajstić information content (AvgIpc) is 2.97. The molecule has 3 aromatic rings. The third kappa shape index (κ3) is 3.25. The van der Waals surface area contributed by atoms with E-state index in [0.29, 0.717) is 5.02 Å². The smallest absolute Gasteiger partial charge is 0.229 e. The van der Waals surface area contributed by atoms with Gasteiger partial charge in [0.15, 0.2) is 5.65 Å². The van der Waals surface area contributed by atoms with Crippen LogP contribution in [0.2, 0.25) is 5.02 Å². The first-order valence-corrected chi connectivity index (χ1v) is 8.64. The second-order valence-corrected chi connectivity index (χ2v) is 6.74. The van der Waals surface area contributed by atoms with E-state index in [-0.39, 0.29) is 0 Å². The van der Waals surface area contributed by atoms with Crippen LogP contribution in [0.1, 0.15) is 0 Å². The first kappa shape index (κ1) is 16.1. The maximum atomic E-state index is 6.10. The predicted molar refractivity (Wildman–Crippen MR) is 101 cm³/mol. The number of halogens is 1. The number of benzene rings is 1. The van der Waals surface area contributed by atoms with Crippen molar-refractivity contribution in [3.63, 3.8) is 0 Å². The van der Waals surface area contributed by atoms with E-state index in [4.69, 9.17) is 21.6 Å². The summed E-state index contributed by atoms with van der Waals surface area (Å²) in [7, 11) is 4.03. The van der Waals surface area contributed by atoms with E-state index in [0.717, 1.165) is 54.7 Å². The van der Waals surface area contributed by atoms with Crippen LogP contribution >= 0.6 is 11.6 Å². The lowest BCUT2D eigenvalue weighted by atomic mass is 10.3. The van der Waals surface area contributed by atoms with Crippen molar-refractivity contribution in [2.75, 3.05) is 43.4 Å². The molecule has 1 aliphatic heterocycles. The van der Waals surface area contributed by atoms with Gasteiger partial charge in [0.25, 0.3) is 0 Å². The second-order valence-electron chi connectivity index (χ2n) is 6.30. The van der Waals surface area contributed by atoms with E-state index in [1.807, 2.05) is 31.3 Å². The molecule has 3 heterocycles. The Bertz CT molecular complexity index is 899. The molecule has 8 heteroatoms. The lowest BCUT2D eigenvalue weighted by Crippen LogP contribution is -2.45. The van der Waals surface area contributed by atoms with Crippen LogP contribution in [-0.4, -0.2) is 57.9 Å². The van der Waals surface area contributed by atoms with Crippen molar-refractivity contribution in [1.82, 2.24) is 24.6 Å². The number of hydrogen-bond acceptors (Lipinski definition) is 6. The lowest BCUT2D eigenvalue weighted by molar-refractivity contribution is 0.311. The minimum absolute atomic E-state index is 0.681. The Balaban J connectivity index is 1.74. The SMILES string of the molecule is CN1CCN(c2nc(Nc3cccc(Cl)c3)c3cnn(C)c3n2)CC1. The topological polar surface area (TPSA) is 62.1 Å². The number of nitrogens with zero attached hydrogens (tertiary/aromatic N) is 6. The van der Waals surface area contributed by atoms with Gasteiger partial charge in [0.1, 0.15) is 5.82 Å². The highest BCUT2D eigenvalue weighted by Gasteiger charge is 2.20. The summed E-state index contributed by atoms with van der Waals surface area (Å²) in [5.41, 5.74) is 1.70. The van der Waals surface area contributed by atoms with Crippen LogP contribution in [0.3, 0.4) is 0 Å². The van der Waals surface area contributed by atoms with Crippen LogP contribution in [0, 0.1) is 0 Å². The number of fused-ring (bicyclic) bond motifs is 1. The maximum Gasteiger partial charge on any atom is 0.229 e. The van der Waals surface area contributed by atoms with Gasteiger partial charge in [0.05, 0.1) is 11.6 Å². The number of aryl methyl sites for hydroxylation is 1. The molecule has 7 nitrogen and oxygen atoms in total. The highest BCUT2D eigenvalue weighted by Crippen LogP contribution is 2.27. The van der Waals surface area contributed by atoms with Crippen LogP contribution in [0.4, 0.5) is 17.5 Å². The molecule has 0 bridgehead atoms. The van der Waals surface area contributed by atoms with Gasteiger partial charge in [-0.2, -0.15) is 15.1 Å². The molecular weight excluding hydrogens is 338 g/mol. The van der Waals surface area contributed by atoms with Gasteiger partial charge in [-0.25, -0.2) is 0 Å².